The van der Waals surface area contributed by atoms with Crippen molar-refractivity contribution < 1.29 is 19.1 Å². The molecule has 2 bridgehead atoms. The summed E-state index contributed by atoms with van der Waals surface area (Å²) < 4.78 is 7.16. The van der Waals surface area contributed by atoms with Crippen LogP contribution in [0.5, 0.6) is 5.75 Å². The van der Waals surface area contributed by atoms with Crippen LogP contribution in [0.4, 0.5) is 0 Å². The van der Waals surface area contributed by atoms with E-state index in [4.69, 9.17) is 4.74 Å². The number of rotatable bonds is 3. The van der Waals surface area contributed by atoms with Crippen LogP contribution >= 0.6 is 0 Å². The minimum absolute atomic E-state index is 0.0421. The lowest BCUT2D eigenvalue weighted by molar-refractivity contribution is -0.138. The van der Waals surface area contributed by atoms with Crippen molar-refractivity contribution in [3.8, 4) is 5.75 Å². The summed E-state index contributed by atoms with van der Waals surface area (Å²) >= 11 is 0. The zero-order valence-corrected chi connectivity index (χ0v) is 23.5. The average molecular weight is 536 g/mol. The lowest BCUT2D eigenvalue weighted by Crippen LogP contribution is -2.47. The highest BCUT2D eigenvalue weighted by atomic mass is 16.5. The van der Waals surface area contributed by atoms with Gasteiger partial charge in [-0.05, 0) is 62.6 Å². The van der Waals surface area contributed by atoms with Crippen molar-refractivity contribution in [3.05, 3.63) is 46.8 Å². The molecule has 0 spiro atoms. The quantitative estimate of drug-likeness (QED) is 0.652. The van der Waals surface area contributed by atoms with Crippen LogP contribution in [0.3, 0.4) is 0 Å². The predicted molar refractivity (Wildman–Crippen MR) is 148 cm³/mol. The maximum atomic E-state index is 14.3. The van der Waals surface area contributed by atoms with Crippen LogP contribution in [-0.2, 0) is 34.9 Å². The van der Waals surface area contributed by atoms with E-state index in [1.807, 2.05) is 52.8 Å². The number of aromatic nitrogens is 2. The second kappa shape index (κ2) is 11.4. The van der Waals surface area contributed by atoms with E-state index in [0.717, 1.165) is 61.1 Å². The number of carbonyl (C=O) groups is 3. The number of hydrogen-bond acceptors (Lipinski definition) is 5. The fourth-order valence-corrected chi connectivity index (χ4v) is 6.77. The Morgan fingerprint density at radius 2 is 1.74 bits per heavy atom. The van der Waals surface area contributed by atoms with Crippen molar-refractivity contribution in [3.63, 3.8) is 0 Å². The number of carbonyl (C=O) groups excluding carboxylic acids is 3. The Labute approximate surface area is 230 Å². The Bertz CT molecular complexity index is 1210. The van der Waals surface area contributed by atoms with Crippen LogP contribution in [0.1, 0.15) is 78.7 Å². The van der Waals surface area contributed by atoms with Gasteiger partial charge in [-0.3, -0.25) is 19.1 Å². The highest BCUT2D eigenvalue weighted by Gasteiger charge is 2.45. The third-order valence-corrected chi connectivity index (χ3v) is 9.09. The van der Waals surface area contributed by atoms with Gasteiger partial charge < -0.3 is 19.9 Å². The van der Waals surface area contributed by atoms with Gasteiger partial charge in [-0.1, -0.05) is 25.0 Å². The molecule has 2 aliphatic carbocycles. The Hall–Kier alpha value is -3.36. The minimum atomic E-state index is -0.553. The van der Waals surface area contributed by atoms with Gasteiger partial charge in [-0.15, -0.1) is 0 Å². The molecule has 1 atom stereocenters. The van der Waals surface area contributed by atoms with Gasteiger partial charge in [0.25, 0.3) is 5.91 Å². The number of benzene rings is 1. The summed E-state index contributed by atoms with van der Waals surface area (Å²) in [5.41, 5.74) is 2.98. The van der Waals surface area contributed by atoms with E-state index < -0.39 is 5.41 Å². The standard InChI is InChI=1S/C30H41N5O4/c1-33-22-11-14-25-24(20-22)27(32-34(25)2)28(37)31-17-7-19-35(18-6-8-26(33)36)29(38)30(15-4-5-16-30)21-9-12-23(39-3)13-10-21/h9-10,12-13,22H,4-8,11,14-20H2,1-3H3,(H,31,37). The van der Waals surface area contributed by atoms with Gasteiger partial charge in [0, 0.05) is 57.4 Å². The number of hydrogen-bond donors (Lipinski definition) is 1. The predicted octanol–water partition coefficient (Wildman–Crippen LogP) is 3.00. The van der Waals surface area contributed by atoms with Crippen molar-refractivity contribution in [1.82, 2.24) is 24.9 Å². The molecule has 1 saturated carbocycles. The molecular weight excluding hydrogens is 494 g/mol. The number of methoxy groups -OCH3 is 1. The smallest absolute Gasteiger partial charge is 0.272 e. The summed E-state index contributed by atoms with van der Waals surface area (Å²) in [6.07, 6.45) is 7.62. The Kier molecular flexibility index (Phi) is 7.96. The topological polar surface area (TPSA) is 96.8 Å². The first-order valence-corrected chi connectivity index (χ1v) is 14.4. The normalized spacial score (nSPS) is 22.2. The largest absolute Gasteiger partial charge is 0.497 e. The summed E-state index contributed by atoms with van der Waals surface area (Å²) in [5, 5.41) is 7.58. The van der Waals surface area contributed by atoms with Gasteiger partial charge in [0.2, 0.25) is 11.8 Å². The number of nitrogens with one attached hydrogen (secondary N) is 1. The molecule has 0 saturated heterocycles. The second-order valence-corrected chi connectivity index (χ2v) is 11.3. The van der Waals surface area contributed by atoms with E-state index in [1.165, 1.54) is 0 Å². The van der Waals surface area contributed by atoms with Crippen molar-refractivity contribution in [2.45, 2.75) is 75.7 Å². The molecule has 210 valence electrons. The Morgan fingerprint density at radius 1 is 1.03 bits per heavy atom. The monoisotopic (exact) mass is 535 g/mol. The van der Waals surface area contributed by atoms with Crippen molar-refractivity contribution in [1.29, 1.82) is 0 Å². The van der Waals surface area contributed by atoms with Gasteiger partial charge in [0.1, 0.15) is 5.75 Å². The number of ether oxygens (including phenoxy) is 1. The molecule has 9 nitrogen and oxygen atoms in total. The molecule has 2 heterocycles. The molecule has 5 rings (SSSR count). The van der Waals surface area contributed by atoms with E-state index >= 15 is 0 Å². The summed E-state index contributed by atoms with van der Waals surface area (Å²) in [7, 11) is 5.40. The maximum absolute atomic E-state index is 14.3. The Balaban J connectivity index is 1.38. The van der Waals surface area contributed by atoms with Gasteiger partial charge in [-0.25, -0.2) is 0 Å². The number of nitrogens with zero attached hydrogens (tertiary/aromatic N) is 4. The van der Waals surface area contributed by atoms with Gasteiger partial charge in [-0.2, -0.15) is 5.10 Å². The van der Waals surface area contributed by atoms with Crippen LogP contribution in [0.2, 0.25) is 0 Å². The molecule has 0 radical (unpaired) electrons. The average Bonchev–Trinajstić information content (AvgIpc) is 3.58. The molecule has 9 heteroatoms. The van der Waals surface area contributed by atoms with E-state index in [-0.39, 0.29) is 23.8 Å². The van der Waals surface area contributed by atoms with Gasteiger partial charge in [0.15, 0.2) is 5.69 Å². The number of aryl methyl sites for hydroxylation is 1. The second-order valence-electron chi connectivity index (χ2n) is 11.3. The third kappa shape index (κ3) is 5.28. The first kappa shape index (κ1) is 27.2. The van der Waals surface area contributed by atoms with E-state index in [1.54, 1.807) is 7.11 Å². The number of amides is 3. The first-order valence-electron chi connectivity index (χ1n) is 14.4. The van der Waals surface area contributed by atoms with Crippen molar-refractivity contribution in [2.75, 3.05) is 33.8 Å². The fourth-order valence-electron chi connectivity index (χ4n) is 6.77. The Morgan fingerprint density at radius 3 is 2.46 bits per heavy atom. The van der Waals surface area contributed by atoms with Gasteiger partial charge >= 0.3 is 0 Å². The summed E-state index contributed by atoms with van der Waals surface area (Å²) in [6, 6.07) is 7.95. The number of fused-ring (bicyclic) bond motifs is 1. The molecule has 1 unspecified atom stereocenters. The van der Waals surface area contributed by atoms with E-state index in [2.05, 4.69) is 10.4 Å². The highest BCUT2D eigenvalue weighted by molar-refractivity contribution is 5.94. The minimum Gasteiger partial charge on any atom is -0.497 e. The van der Waals surface area contributed by atoms with Crippen LogP contribution in [0, 0.1) is 0 Å². The van der Waals surface area contributed by atoms with Crippen LogP contribution in [-0.4, -0.2) is 77.1 Å². The molecule has 1 aliphatic heterocycles. The summed E-state index contributed by atoms with van der Waals surface area (Å²) in [6.45, 7) is 1.53. The number of likely N-dealkylation sites (N-methyl/N-ethyl adjacent to an activating group) is 1. The fraction of sp³-hybridized carbons (Fsp3) is 0.600. The van der Waals surface area contributed by atoms with Crippen LogP contribution < -0.4 is 10.1 Å². The lowest BCUT2D eigenvalue weighted by Gasteiger charge is -2.35. The van der Waals surface area contributed by atoms with Crippen molar-refractivity contribution >= 4 is 17.7 Å². The first-order chi connectivity index (χ1) is 18.8. The summed E-state index contributed by atoms with van der Waals surface area (Å²) in [5.74, 6) is 0.817. The van der Waals surface area contributed by atoms with Crippen LogP contribution in [0.25, 0.3) is 0 Å². The SMILES string of the molecule is COc1ccc(C2(C(=O)N3CCCNC(=O)c4nn(C)c5c4CC(CC5)N(C)C(=O)CCC3)CCCC2)cc1. The molecule has 2 aromatic rings. The molecule has 1 aromatic carbocycles. The lowest BCUT2D eigenvalue weighted by atomic mass is 9.77. The maximum Gasteiger partial charge on any atom is 0.272 e. The highest BCUT2D eigenvalue weighted by Crippen LogP contribution is 2.43. The molecule has 1 fully saturated rings. The third-order valence-electron chi connectivity index (χ3n) is 9.09. The molecule has 3 amide bonds. The van der Waals surface area contributed by atoms with Gasteiger partial charge in [0.05, 0.1) is 12.5 Å². The van der Waals surface area contributed by atoms with Crippen molar-refractivity contribution in [2.24, 2.45) is 7.05 Å². The molecule has 1 N–H and O–H groups in total. The van der Waals surface area contributed by atoms with Crippen LogP contribution in [0.15, 0.2) is 24.3 Å². The zero-order valence-electron chi connectivity index (χ0n) is 23.5. The van der Waals surface area contributed by atoms with E-state index in [9.17, 15) is 14.4 Å². The summed E-state index contributed by atoms with van der Waals surface area (Å²) in [4.78, 5) is 44.4. The van der Waals surface area contributed by atoms with E-state index in [0.29, 0.717) is 51.0 Å². The molecule has 3 aliphatic rings. The molecular formula is C30H41N5O4. The molecule has 39 heavy (non-hydrogen) atoms. The molecule has 1 aromatic heterocycles. The zero-order chi connectivity index (χ0) is 27.6.